The number of aromatic nitrogens is 4. The molecule has 0 bridgehead atoms. The maximum absolute atomic E-state index is 12.6. The Morgan fingerprint density at radius 1 is 1.07 bits per heavy atom. The summed E-state index contributed by atoms with van der Waals surface area (Å²) in [7, 11) is 0. The normalized spacial score (nSPS) is 20.5. The third kappa shape index (κ3) is 8.81. The van der Waals surface area contributed by atoms with E-state index in [1.807, 2.05) is 51.4 Å². The molecule has 1 aliphatic carbocycles. The molecule has 6 heterocycles. The molecule has 1 saturated carbocycles. The second-order valence-electron chi connectivity index (χ2n) is 17.5. The number of benzene rings is 1. The lowest BCUT2D eigenvalue weighted by Gasteiger charge is -2.56. The van der Waals surface area contributed by atoms with Gasteiger partial charge in [0.2, 0.25) is 5.95 Å². The van der Waals surface area contributed by atoms with E-state index in [9.17, 15) is 9.90 Å². The van der Waals surface area contributed by atoms with Crippen LogP contribution >= 0.6 is 0 Å². The van der Waals surface area contributed by atoms with E-state index in [-0.39, 0.29) is 23.7 Å². The number of rotatable bonds is 10. The highest BCUT2D eigenvalue weighted by molar-refractivity contribution is 5.86. The van der Waals surface area contributed by atoms with Gasteiger partial charge in [-0.15, -0.1) is 0 Å². The molecule has 59 heavy (non-hydrogen) atoms. The van der Waals surface area contributed by atoms with Gasteiger partial charge in [-0.2, -0.15) is 0 Å². The monoisotopic (exact) mass is 808 g/mol. The molecule has 318 valence electrons. The molecule has 3 aromatic heterocycles. The molecule has 2 atom stereocenters. The summed E-state index contributed by atoms with van der Waals surface area (Å²) in [4.78, 5) is 33.1. The molecule has 3 aliphatic heterocycles. The number of ether oxygens (including phenoxy) is 1. The van der Waals surface area contributed by atoms with Crippen LogP contribution in [-0.2, 0) is 16.0 Å². The van der Waals surface area contributed by atoms with Crippen molar-refractivity contribution in [3.05, 3.63) is 76.4 Å². The van der Waals surface area contributed by atoms with Crippen molar-refractivity contribution < 1.29 is 19.2 Å². The Labute approximate surface area is 349 Å². The average Bonchev–Trinajstić information content (AvgIpc) is 3.82. The summed E-state index contributed by atoms with van der Waals surface area (Å²) in [6.45, 7) is 17.5. The first-order chi connectivity index (χ1) is 28.4. The summed E-state index contributed by atoms with van der Waals surface area (Å²) >= 11 is 0. The molecule has 2 saturated heterocycles. The maximum atomic E-state index is 12.6. The zero-order chi connectivity index (χ0) is 41.8. The van der Waals surface area contributed by atoms with Gasteiger partial charge in [0, 0.05) is 78.6 Å². The lowest BCUT2D eigenvalue weighted by Crippen LogP contribution is -2.56. The van der Waals surface area contributed by atoms with Crippen LogP contribution in [-0.4, -0.2) is 81.5 Å². The molecule has 4 aliphatic rings. The average molecular weight is 808 g/mol. The molecular formula is C46H65N9O4. The molecule has 4 aromatic rings. The number of nitrogens with zero attached hydrogens (tertiary/aromatic N) is 6. The van der Waals surface area contributed by atoms with Gasteiger partial charge in [0.15, 0.2) is 11.6 Å². The summed E-state index contributed by atoms with van der Waals surface area (Å²) in [6.07, 6.45) is 15.1. The predicted molar refractivity (Wildman–Crippen MR) is 234 cm³/mol. The number of hydrogen-bond donors (Lipinski definition) is 4. The number of esters is 1. The Hall–Kier alpha value is -5.04. The second-order valence-corrected chi connectivity index (χ2v) is 17.5. The molecule has 6 N–H and O–H groups in total. The minimum atomic E-state index is -0.434. The Morgan fingerprint density at radius 3 is 2.39 bits per heavy atom. The zero-order valence-corrected chi connectivity index (χ0v) is 35.9. The van der Waals surface area contributed by atoms with E-state index < -0.39 is 5.92 Å². The van der Waals surface area contributed by atoms with Gasteiger partial charge in [0.05, 0.1) is 12.6 Å². The number of para-hydroxylation sites is 1. The van der Waals surface area contributed by atoms with Crippen LogP contribution in [0.2, 0.25) is 0 Å². The summed E-state index contributed by atoms with van der Waals surface area (Å²) in [5.41, 5.74) is 18.7. The van der Waals surface area contributed by atoms with Gasteiger partial charge in [-0.05, 0) is 106 Å². The highest BCUT2D eigenvalue weighted by Crippen LogP contribution is 2.52. The van der Waals surface area contributed by atoms with Crippen LogP contribution in [0, 0.1) is 11.3 Å². The highest BCUT2D eigenvalue weighted by Gasteiger charge is 2.48. The number of aromatic amines is 1. The topological polar surface area (TPSA) is 176 Å². The number of piperidine rings is 2. The second kappa shape index (κ2) is 18.1. The zero-order valence-electron chi connectivity index (χ0n) is 35.9. The number of phenols is 1. The summed E-state index contributed by atoms with van der Waals surface area (Å²) < 4.78 is 11.0. The molecule has 0 radical (unpaired) electrons. The van der Waals surface area contributed by atoms with E-state index in [4.69, 9.17) is 30.7 Å². The van der Waals surface area contributed by atoms with Gasteiger partial charge in [0.1, 0.15) is 17.5 Å². The van der Waals surface area contributed by atoms with Crippen LogP contribution in [0.5, 0.6) is 5.75 Å². The summed E-state index contributed by atoms with van der Waals surface area (Å²) in [6, 6.07) is 9.66. The number of phenolic OH excluding ortho intramolecular Hbond substituents is 1. The first-order valence-corrected chi connectivity index (χ1v) is 21.9. The number of nitrogens with two attached hydrogens (primary N) is 2. The molecule has 2 unspecified atom stereocenters. The number of likely N-dealkylation sites (tertiary alicyclic amines) is 1. The summed E-state index contributed by atoms with van der Waals surface area (Å²) in [5.74, 6) is 2.70. The van der Waals surface area contributed by atoms with Crippen molar-refractivity contribution in [2.75, 3.05) is 54.9 Å². The number of H-pyrrole nitrogens is 1. The number of fused-ring (bicyclic) bond motifs is 1. The van der Waals surface area contributed by atoms with Crippen molar-refractivity contribution in [1.82, 2.24) is 25.0 Å². The quantitative estimate of drug-likeness (QED) is 0.114. The number of hydrogen-bond acceptors (Lipinski definition) is 12. The van der Waals surface area contributed by atoms with Gasteiger partial charge in [-0.25, -0.2) is 9.97 Å². The van der Waals surface area contributed by atoms with Gasteiger partial charge in [0.25, 0.3) is 0 Å². The molecule has 3 fully saturated rings. The third-order valence-corrected chi connectivity index (χ3v) is 13.1. The number of nitrogens with one attached hydrogen (secondary N) is 1. The number of anilines is 3. The highest BCUT2D eigenvalue weighted by atomic mass is 16.5. The molecule has 13 nitrogen and oxygen atoms in total. The van der Waals surface area contributed by atoms with Gasteiger partial charge in [-0.1, -0.05) is 51.4 Å². The molecule has 1 aromatic carbocycles. The van der Waals surface area contributed by atoms with Crippen LogP contribution < -0.4 is 21.3 Å². The third-order valence-electron chi connectivity index (χ3n) is 13.1. The fraction of sp³-hybridized carbons (Fsp3) is 0.565. The van der Waals surface area contributed by atoms with Crippen molar-refractivity contribution in [3.63, 3.8) is 0 Å². The maximum Gasteiger partial charge on any atom is 0.317 e. The van der Waals surface area contributed by atoms with Crippen LogP contribution in [0.3, 0.4) is 0 Å². The van der Waals surface area contributed by atoms with Crippen LogP contribution in [0.4, 0.5) is 17.6 Å². The lowest BCUT2D eigenvalue weighted by atomic mass is 9.59. The fourth-order valence-corrected chi connectivity index (χ4v) is 9.87. The van der Waals surface area contributed by atoms with Gasteiger partial charge in [-0.3, -0.25) is 4.79 Å². The molecule has 8 rings (SSSR count). The first-order valence-electron chi connectivity index (χ1n) is 21.9. The molecule has 1 spiro atoms. The van der Waals surface area contributed by atoms with E-state index in [0.29, 0.717) is 46.8 Å². The molecular weight excluding hydrogens is 743 g/mol. The minimum Gasteiger partial charge on any atom is -0.507 e. The van der Waals surface area contributed by atoms with Crippen molar-refractivity contribution in [2.45, 2.75) is 117 Å². The first kappa shape index (κ1) is 42.1. The smallest absolute Gasteiger partial charge is 0.317 e. The van der Waals surface area contributed by atoms with Crippen molar-refractivity contribution in [2.24, 2.45) is 17.1 Å². The van der Waals surface area contributed by atoms with Gasteiger partial charge < -0.3 is 45.5 Å². The predicted octanol–water partition coefficient (Wildman–Crippen LogP) is 8.01. The fourth-order valence-electron chi connectivity index (χ4n) is 9.87. The largest absolute Gasteiger partial charge is 0.507 e. The Bertz CT molecular complexity index is 2050. The molecule has 13 heteroatoms. The van der Waals surface area contributed by atoms with E-state index in [1.165, 1.54) is 24.8 Å². The Balaban J connectivity index is 0.00000171. The van der Waals surface area contributed by atoms with Crippen LogP contribution in [0.15, 0.2) is 47.2 Å². The number of carbonyl (C=O) groups excluding carboxylic acids is 1. The lowest BCUT2D eigenvalue weighted by molar-refractivity contribution is -0.146. The Morgan fingerprint density at radius 2 is 1.75 bits per heavy atom. The van der Waals surface area contributed by atoms with Crippen LogP contribution in [0.25, 0.3) is 11.8 Å². The van der Waals surface area contributed by atoms with Gasteiger partial charge >= 0.3 is 5.97 Å². The summed E-state index contributed by atoms with van der Waals surface area (Å²) in [5, 5.41) is 14.7. The van der Waals surface area contributed by atoms with Crippen molar-refractivity contribution >= 4 is 35.3 Å². The van der Waals surface area contributed by atoms with E-state index in [0.717, 1.165) is 93.4 Å². The minimum absolute atomic E-state index is 0.0155. The Kier molecular flexibility index (Phi) is 12.9. The van der Waals surface area contributed by atoms with E-state index in [1.54, 1.807) is 18.2 Å². The van der Waals surface area contributed by atoms with E-state index in [2.05, 4.69) is 45.6 Å². The van der Waals surface area contributed by atoms with E-state index >= 15 is 0 Å². The SMILES string of the molecule is CCC.CCOC(=O)C(c1cc(N2CCC3(CC2)CC(N2CCC(c4cnc(N5CCc6[nH]c(N)c(/C=C(\N)c7ccccc7O)c6C5C)nc4)CC2)C3)no1)C(C)C. The standard InChI is InChI=1S/C43H57N9O4.C3H8/c1-5-55-41(54)38(26(2)3)36-21-37(49-56-36)51-18-13-43(14-19-51)22-30(23-43)50-15-10-28(11-16-50)29-24-46-42(47-25-29)52-17-12-34-39(27(52)4)32(40(45)48-34)20-33(44)31-8-6-7-9-35(31)53;1-3-2/h6-9,20-21,24-28,30,38,48,53H,5,10-19,22-23,44-45H2,1-4H3;3H2,1-2H3/b33-20-;. The number of carbonyl (C=O) groups is 1. The van der Waals surface area contributed by atoms with Crippen LogP contribution in [0.1, 0.15) is 138 Å². The van der Waals surface area contributed by atoms with Crippen molar-refractivity contribution in [1.29, 1.82) is 0 Å². The molecule has 0 amide bonds. The van der Waals surface area contributed by atoms with Crippen molar-refractivity contribution in [3.8, 4) is 5.75 Å². The number of aromatic hydroxyl groups is 1. The number of nitrogen functional groups attached to an aromatic ring is 1.